The van der Waals surface area contributed by atoms with Crippen LogP contribution in [0.5, 0.6) is 5.88 Å². The monoisotopic (exact) mass is 177 g/mol. The highest BCUT2D eigenvalue weighted by Gasteiger charge is 2.17. The number of ether oxygens (including phenoxy) is 1. The van der Waals surface area contributed by atoms with Gasteiger partial charge >= 0.3 is 0 Å². The lowest BCUT2D eigenvalue weighted by molar-refractivity contribution is 0.295. The number of nitrogens with zero attached hydrogens (tertiary/aromatic N) is 2. The zero-order valence-corrected chi connectivity index (χ0v) is 7.79. The van der Waals surface area contributed by atoms with Crippen molar-refractivity contribution >= 4 is 5.69 Å². The molecule has 1 aliphatic rings. The molecule has 2 heterocycles. The van der Waals surface area contributed by atoms with E-state index >= 15 is 0 Å². The second kappa shape index (κ2) is 3.64. The van der Waals surface area contributed by atoms with Crippen LogP contribution in [0.3, 0.4) is 0 Å². The quantitative estimate of drug-likeness (QED) is 0.684. The van der Waals surface area contributed by atoms with Crippen molar-refractivity contribution in [3.63, 3.8) is 0 Å². The number of hydrogen-bond donors (Lipinski definition) is 0. The van der Waals surface area contributed by atoms with Gasteiger partial charge in [0.2, 0.25) is 5.88 Å². The summed E-state index contributed by atoms with van der Waals surface area (Å²) in [6, 6.07) is 4.92. The summed E-state index contributed by atoms with van der Waals surface area (Å²) in [5, 5.41) is 0. The van der Waals surface area contributed by atoms with E-state index in [-0.39, 0.29) is 0 Å². The van der Waals surface area contributed by atoms with Gasteiger partial charge < -0.3 is 9.64 Å². The Morgan fingerprint density at radius 1 is 1.69 bits per heavy atom. The Hall–Kier alpha value is -1.25. The Kier molecular flexibility index (Phi) is 2.34. The van der Waals surface area contributed by atoms with E-state index in [2.05, 4.69) is 22.9 Å². The lowest BCUT2D eigenvalue weighted by atomic mass is 10.3. The van der Waals surface area contributed by atoms with E-state index in [1.54, 1.807) is 6.20 Å². The molecular formula is C10H13N2O. The molecule has 13 heavy (non-hydrogen) atoms. The Balaban J connectivity index is 2.26. The molecule has 1 aromatic rings. The molecule has 0 atom stereocenters. The minimum atomic E-state index is 0.740. The van der Waals surface area contributed by atoms with E-state index in [1.165, 1.54) is 0 Å². The molecule has 1 radical (unpaired) electrons. The average Bonchev–Trinajstić information content (AvgIpc) is 2.19. The number of fused-ring (bicyclic) bond motifs is 1. The van der Waals surface area contributed by atoms with Crippen molar-refractivity contribution in [1.82, 2.24) is 4.98 Å². The minimum Gasteiger partial charge on any atom is -0.474 e. The van der Waals surface area contributed by atoms with Crippen LogP contribution < -0.4 is 9.64 Å². The standard InChI is InChI=1S/C10H13N2O/c1-2-6-12-7-8-13-10-9(12)4-3-5-11-10/h4-5H,2,6-8H2,1H3. The Bertz CT molecular complexity index is 288. The number of rotatable bonds is 2. The first kappa shape index (κ1) is 8.35. The Morgan fingerprint density at radius 3 is 3.46 bits per heavy atom. The average molecular weight is 177 g/mol. The summed E-state index contributed by atoms with van der Waals surface area (Å²) < 4.78 is 5.43. The van der Waals surface area contributed by atoms with Crippen LogP contribution in [0.15, 0.2) is 12.3 Å². The highest BCUT2D eigenvalue weighted by Crippen LogP contribution is 2.27. The van der Waals surface area contributed by atoms with E-state index < -0.39 is 0 Å². The molecule has 0 aliphatic carbocycles. The van der Waals surface area contributed by atoms with Gasteiger partial charge in [0.05, 0.1) is 6.54 Å². The first-order valence-electron chi connectivity index (χ1n) is 4.65. The van der Waals surface area contributed by atoms with Crippen LogP contribution >= 0.6 is 0 Å². The lowest BCUT2D eigenvalue weighted by Crippen LogP contribution is -2.33. The van der Waals surface area contributed by atoms with Gasteiger partial charge in [-0.2, -0.15) is 0 Å². The van der Waals surface area contributed by atoms with Gasteiger partial charge in [0, 0.05) is 18.8 Å². The summed E-state index contributed by atoms with van der Waals surface area (Å²) in [6.45, 7) is 4.94. The van der Waals surface area contributed by atoms with Crippen LogP contribution in [0.2, 0.25) is 0 Å². The van der Waals surface area contributed by atoms with Crippen LogP contribution in [0.25, 0.3) is 0 Å². The van der Waals surface area contributed by atoms with Gasteiger partial charge in [0.15, 0.2) is 0 Å². The predicted octanol–water partition coefficient (Wildman–Crippen LogP) is 1.49. The van der Waals surface area contributed by atoms with Gasteiger partial charge in [-0.25, -0.2) is 4.98 Å². The molecule has 0 spiro atoms. The van der Waals surface area contributed by atoms with Crippen molar-refractivity contribution in [1.29, 1.82) is 0 Å². The van der Waals surface area contributed by atoms with Gasteiger partial charge in [0.25, 0.3) is 0 Å². The molecule has 2 rings (SSSR count). The Morgan fingerprint density at radius 2 is 2.62 bits per heavy atom. The van der Waals surface area contributed by atoms with E-state index in [9.17, 15) is 0 Å². The molecule has 0 fully saturated rings. The van der Waals surface area contributed by atoms with Crippen LogP contribution in [0, 0.1) is 6.07 Å². The highest BCUT2D eigenvalue weighted by atomic mass is 16.5. The molecule has 1 aromatic heterocycles. The van der Waals surface area contributed by atoms with Gasteiger partial charge in [-0.15, -0.1) is 0 Å². The van der Waals surface area contributed by atoms with Crippen LogP contribution in [-0.2, 0) is 0 Å². The Labute approximate surface area is 78.3 Å². The molecule has 0 saturated heterocycles. The maximum Gasteiger partial charge on any atom is 0.237 e. The third kappa shape index (κ3) is 1.59. The largest absolute Gasteiger partial charge is 0.474 e. The maximum absolute atomic E-state index is 5.43. The van der Waals surface area contributed by atoms with E-state index in [0.29, 0.717) is 0 Å². The molecular weight excluding hydrogens is 164 g/mol. The molecule has 1 aliphatic heterocycles. The second-order valence-electron chi connectivity index (χ2n) is 3.10. The van der Waals surface area contributed by atoms with E-state index in [1.807, 2.05) is 6.07 Å². The molecule has 0 unspecified atom stereocenters. The van der Waals surface area contributed by atoms with Gasteiger partial charge in [-0.1, -0.05) is 6.92 Å². The molecule has 69 valence electrons. The van der Waals surface area contributed by atoms with Crippen LogP contribution in [0.4, 0.5) is 5.69 Å². The summed E-state index contributed by atoms with van der Waals surface area (Å²) in [6.07, 6.45) is 2.79. The number of anilines is 1. The summed E-state index contributed by atoms with van der Waals surface area (Å²) in [5.74, 6) is 0.749. The van der Waals surface area contributed by atoms with Crippen molar-refractivity contribution in [2.24, 2.45) is 0 Å². The topological polar surface area (TPSA) is 25.4 Å². The number of hydrogen-bond acceptors (Lipinski definition) is 3. The van der Waals surface area contributed by atoms with Gasteiger partial charge in [0.1, 0.15) is 12.3 Å². The molecule has 0 aromatic carbocycles. The smallest absolute Gasteiger partial charge is 0.237 e. The first-order valence-corrected chi connectivity index (χ1v) is 4.65. The van der Waals surface area contributed by atoms with E-state index in [0.717, 1.165) is 37.7 Å². The van der Waals surface area contributed by atoms with Crippen molar-refractivity contribution in [2.75, 3.05) is 24.6 Å². The highest BCUT2D eigenvalue weighted by molar-refractivity contribution is 5.55. The molecule has 0 bridgehead atoms. The SMILES string of the molecule is CCCN1CCOc2nc[c]cc21. The molecule has 0 N–H and O–H groups in total. The molecule has 0 amide bonds. The van der Waals surface area contributed by atoms with Crippen molar-refractivity contribution in [2.45, 2.75) is 13.3 Å². The van der Waals surface area contributed by atoms with Crippen molar-refractivity contribution < 1.29 is 4.74 Å². The third-order valence-electron chi connectivity index (χ3n) is 2.13. The normalized spacial score (nSPS) is 15.0. The summed E-state index contributed by atoms with van der Waals surface area (Å²) in [5.41, 5.74) is 1.08. The molecule has 0 saturated carbocycles. The molecule has 3 heteroatoms. The fourth-order valence-electron chi connectivity index (χ4n) is 1.55. The van der Waals surface area contributed by atoms with Gasteiger partial charge in [-0.05, 0) is 12.5 Å². The van der Waals surface area contributed by atoms with Gasteiger partial charge in [-0.3, -0.25) is 0 Å². The lowest BCUT2D eigenvalue weighted by Gasteiger charge is -2.29. The van der Waals surface area contributed by atoms with Crippen LogP contribution in [0.1, 0.15) is 13.3 Å². The number of aromatic nitrogens is 1. The zero-order chi connectivity index (χ0) is 9.10. The van der Waals surface area contributed by atoms with Crippen molar-refractivity contribution in [3.05, 3.63) is 18.3 Å². The summed E-state index contributed by atoms with van der Waals surface area (Å²) in [7, 11) is 0. The minimum absolute atomic E-state index is 0.740. The summed E-state index contributed by atoms with van der Waals surface area (Å²) >= 11 is 0. The zero-order valence-electron chi connectivity index (χ0n) is 7.79. The predicted molar refractivity (Wildman–Crippen MR) is 51.1 cm³/mol. The fourth-order valence-corrected chi connectivity index (χ4v) is 1.55. The molecule has 3 nitrogen and oxygen atoms in total. The summed E-state index contributed by atoms with van der Waals surface area (Å²) in [4.78, 5) is 6.43. The van der Waals surface area contributed by atoms with E-state index in [4.69, 9.17) is 4.74 Å². The van der Waals surface area contributed by atoms with Crippen LogP contribution in [-0.4, -0.2) is 24.7 Å². The maximum atomic E-state index is 5.43. The first-order chi connectivity index (χ1) is 6.42. The third-order valence-corrected chi connectivity index (χ3v) is 2.13. The fraction of sp³-hybridized carbons (Fsp3) is 0.500. The van der Waals surface area contributed by atoms with Crippen molar-refractivity contribution in [3.8, 4) is 5.88 Å². The number of pyridine rings is 1. The second-order valence-corrected chi connectivity index (χ2v) is 3.10.